The van der Waals surface area contributed by atoms with Gasteiger partial charge in [-0.1, -0.05) is 0 Å². The van der Waals surface area contributed by atoms with Crippen molar-refractivity contribution < 1.29 is 18.7 Å². The van der Waals surface area contributed by atoms with E-state index >= 15 is 0 Å². The van der Waals surface area contributed by atoms with Crippen LogP contribution in [0, 0.1) is 17.6 Å². The molecule has 1 atom stereocenters. The number of nitrogens with zero attached hydrogens (tertiary/aromatic N) is 1. The van der Waals surface area contributed by atoms with Crippen molar-refractivity contribution in [2.45, 2.75) is 6.42 Å². The molecule has 5 nitrogen and oxygen atoms in total. The molecule has 0 aliphatic carbocycles. The SMILES string of the molecule is NNc1c(F)cc(C(=O)N2CCC(CO)C2)cc1F. The molecule has 7 heteroatoms. The number of benzene rings is 1. The maximum Gasteiger partial charge on any atom is 0.254 e. The standard InChI is InChI=1S/C12H15F2N3O2/c13-9-3-8(4-10(14)11(9)16-15)12(19)17-2-1-7(5-17)6-18/h3-4,7,16,18H,1-2,5-6,15H2. The van der Waals surface area contributed by atoms with Crippen LogP contribution in [-0.2, 0) is 0 Å². The van der Waals surface area contributed by atoms with Crippen LogP contribution in [0.2, 0.25) is 0 Å². The fraction of sp³-hybridized carbons (Fsp3) is 0.417. The first kappa shape index (κ1) is 13.7. The first-order valence-electron chi connectivity index (χ1n) is 5.92. The van der Waals surface area contributed by atoms with E-state index in [1.165, 1.54) is 4.90 Å². The molecule has 4 N–H and O–H groups in total. The van der Waals surface area contributed by atoms with Crippen LogP contribution in [-0.4, -0.2) is 35.6 Å². The molecule has 1 aromatic carbocycles. The number of hydrogen-bond donors (Lipinski definition) is 3. The number of carbonyl (C=O) groups is 1. The van der Waals surface area contributed by atoms with Gasteiger partial charge in [-0.3, -0.25) is 10.6 Å². The number of hydrazine groups is 1. The Hall–Kier alpha value is -1.73. The summed E-state index contributed by atoms with van der Waals surface area (Å²) < 4.78 is 27.0. The normalized spacial score (nSPS) is 18.7. The van der Waals surface area contributed by atoms with E-state index in [9.17, 15) is 13.6 Å². The molecule has 1 saturated heterocycles. The zero-order valence-corrected chi connectivity index (χ0v) is 10.2. The van der Waals surface area contributed by atoms with Gasteiger partial charge in [0.15, 0.2) is 11.6 Å². The minimum Gasteiger partial charge on any atom is -0.396 e. The fourth-order valence-electron chi connectivity index (χ4n) is 2.18. The number of halogens is 2. The molecule has 2 rings (SSSR count). The second kappa shape index (κ2) is 5.50. The van der Waals surface area contributed by atoms with Gasteiger partial charge >= 0.3 is 0 Å². The Labute approximate surface area is 109 Å². The molecule has 1 aliphatic heterocycles. The zero-order valence-electron chi connectivity index (χ0n) is 10.2. The van der Waals surface area contributed by atoms with E-state index in [0.717, 1.165) is 12.1 Å². The molecular formula is C12H15F2N3O2. The van der Waals surface area contributed by atoms with Crippen molar-refractivity contribution in [3.05, 3.63) is 29.3 Å². The van der Waals surface area contributed by atoms with Gasteiger partial charge in [0.2, 0.25) is 0 Å². The van der Waals surface area contributed by atoms with Crippen molar-refractivity contribution in [1.82, 2.24) is 4.90 Å². The molecule has 1 aliphatic rings. The fourth-order valence-corrected chi connectivity index (χ4v) is 2.18. The topological polar surface area (TPSA) is 78.6 Å². The summed E-state index contributed by atoms with van der Waals surface area (Å²) in [5.74, 6) is 2.74. The Morgan fingerprint density at radius 1 is 1.47 bits per heavy atom. The van der Waals surface area contributed by atoms with Gasteiger partial charge in [0.1, 0.15) is 5.69 Å². The largest absolute Gasteiger partial charge is 0.396 e. The lowest BCUT2D eigenvalue weighted by atomic mass is 10.1. The second-order valence-electron chi connectivity index (χ2n) is 4.55. The monoisotopic (exact) mass is 271 g/mol. The predicted molar refractivity (Wildman–Crippen MR) is 65.3 cm³/mol. The number of aliphatic hydroxyl groups is 1. The van der Waals surface area contributed by atoms with Crippen molar-refractivity contribution in [3.8, 4) is 0 Å². The summed E-state index contributed by atoms with van der Waals surface area (Å²) in [5.41, 5.74) is 1.38. The minimum absolute atomic E-state index is 0.00251. The summed E-state index contributed by atoms with van der Waals surface area (Å²) in [6.45, 7) is 0.877. The molecule has 1 unspecified atom stereocenters. The van der Waals surface area contributed by atoms with Crippen molar-refractivity contribution >= 4 is 11.6 Å². The maximum absolute atomic E-state index is 13.5. The Morgan fingerprint density at radius 3 is 2.58 bits per heavy atom. The number of aliphatic hydroxyl groups excluding tert-OH is 1. The van der Waals surface area contributed by atoms with Crippen LogP contribution in [0.1, 0.15) is 16.8 Å². The molecule has 104 valence electrons. The van der Waals surface area contributed by atoms with E-state index in [0.29, 0.717) is 19.5 Å². The van der Waals surface area contributed by atoms with Crippen LogP contribution in [0.5, 0.6) is 0 Å². The molecule has 1 amide bonds. The summed E-state index contributed by atoms with van der Waals surface area (Å²) >= 11 is 0. The van der Waals surface area contributed by atoms with E-state index in [-0.39, 0.29) is 18.1 Å². The molecule has 1 aromatic rings. The number of hydrogen-bond acceptors (Lipinski definition) is 4. The zero-order chi connectivity index (χ0) is 14.0. The van der Waals surface area contributed by atoms with Gasteiger partial charge in [0.25, 0.3) is 5.91 Å². The second-order valence-corrected chi connectivity index (χ2v) is 4.55. The third-order valence-electron chi connectivity index (χ3n) is 3.26. The highest BCUT2D eigenvalue weighted by molar-refractivity contribution is 5.94. The van der Waals surface area contributed by atoms with Crippen LogP contribution in [0.15, 0.2) is 12.1 Å². The number of amides is 1. The van der Waals surface area contributed by atoms with Crippen LogP contribution in [0.3, 0.4) is 0 Å². The van der Waals surface area contributed by atoms with Crippen molar-refractivity contribution in [2.75, 3.05) is 25.1 Å². The van der Waals surface area contributed by atoms with Gasteiger partial charge in [0, 0.05) is 31.2 Å². The van der Waals surface area contributed by atoms with Crippen LogP contribution >= 0.6 is 0 Å². The average molecular weight is 271 g/mol. The number of rotatable bonds is 3. The van der Waals surface area contributed by atoms with Crippen molar-refractivity contribution in [2.24, 2.45) is 11.8 Å². The highest BCUT2D eigenvalue weighted by Crippen LogP contribution is 2.23. The first-order chi connectivity index (χ1) is 9.06. The lowest BCUT2D eigenvalue weighted by molar-refractivity contribution is 0.0781. The van der Waals surface area contributed by atoms with E-state index in [1.54, 1.807) is 0 Å². The number of nitrogens with one attached hydrogen (secondary N) is 1. The third kappa shape index (κ3) is 2.66. The van der Waals surface area contributed by atoms with E-state index < -0.39 is 23.2 Å². The van der Waals surface area contributed by atoms with Gasteiger partial charge in [-0.15, -0.1) is 0 Å². The molecule has 0 spiro atoms. The van der Waals surface area contributed by atoms with Gasteiger partial charge < -0.3 is 15.4 Å². The highest BCUT2D eigenvalue weighted by atomic mass is 19.1. The van der Waals surface area contributed by atoms with Crippen LogP contribution in [0.25, 0.3) is 0 Å². The van der Waals surface area contributed by atoms with Gasteiger partial charge in [-0.2, -0.15) is 0 Å². The number of nitrogens with two attached hydrogens (primary N) is 1. The molecule has 1 fully saturated rings. The number of likely N-dealkylation sites (tertiary alicyclic amines) is 1. The molecule has 0 saturated carbocycles. The lowest BCUT2D eigenvalue weighted by Crippen LogP contribution is -2.29. The van der Waals surface area contributed by atoms with Gasteiger partial charge in [0.05, 0.1) is 0 Å². The Balaban J connectivity index is 2.21. The Kier molecular flexibility index (Phi) is 3.96. The molecule has 0 radical (unpaired) electrons. The number of nitrogen functional groups attached to an aromatic ring is 1. The molecule has 0 aromatic heterocycles. The molecule has 0 bridgehead atoms. The summed E-state index contributed by atoms with van der Waals surface area (Å²) in [7, 11) is 0. The molecule has 1 heterocycles. The number of carbonyl (C=O) groups excluding carboxylic acids is 1. The highest BCUT2D eigenvalue weighted by Gasteiger charge is 2.27. The molecular weight excluding hydrogens is 256 g/mol. The third-order valence-corrected chi connectivity index (χ3v) is 3.26. The van der Waals surface area contributed by atoms with E-state index in [2.05, 4.69) is 0 Å². The van der Waals surface area contributed by atoms with Gasteiger partial charge in [-0.25, -0.2) is 8.78 Å². The minimum atomic E-state index is -0.913. The summed E-state index contributed by atoms with van der Waals surface area (Å²) in [6, 6.07) is 1.90. The van der Waals surface area contributed by atoms with Crippen molar-refractivity contribution in [3.63, 3.8) is 0 Å². The number of anilines is 1. The Morgan fingerprint density at radius 2 is 2.11 bits per heavy atom. The summed E-state index contributed by atoms with van der Waals surface area (Å²) in [5, 5.41) is 9.01. The van der Waals surface area contributed by atoms with Gasteiger partial charge in [-0.05, 0) is 18.6 Å². The lowest BCUT2D eigenvalue weighted by Gasteiger charge is -2.17. The molecule has 19 heavy (non-hydrogen) atoms. The summed E-state index contributed by atoms with van der Waals surface area (Å²) in [4.78, 5) is 13.5. The summed E-state index contributed by atoms with van der Waals surface area (Å²) in [6.07, 6.45) is 0.690. The van der Waals surface area contributed by atoms with Crippen LogP contribution < -0.4 is 11.3 Å². The smallest absolute Gasteiger partial charge is 0.254 e. The predicted octanol–water partition coefficient (Wildman–Crippen LogP) is 0.705. The van der Waals surface area contributed by atoms with Crippen LogP contribution in [0.4, 0.5) is 14.5 Å². The van der Waals surface area contributed by atoms with E-state index in [1.807, 2.05) is 5.43 Å². The Bertz CT molecular complexity index is 473. The average Bonchev–Trinajstić information content (AvgIpc) is 2.86. The maximum atomic E-state index is 13.5. The van der Waals surface area contributed by atoms with E-state index in [4.69, 9.17) is 10.9 Å². The van der Waals surface area contributed by atoms with Crippen molar-refractivity contribution in [1.29, 1.82) is 0 Å². The first-order valence-corrected chi connectivity index (χ1v) is 5.92. The quantitative estimate of drug-likeness (QED) is 0.558.